The van der Waals surface area contributed by atoms with E-state index in [1.54, 1.807) is 7.05 Å². The summed E-state index contributed by atoms with van der Waals surface area (Å²) in [6.07, 6.45) is 7.15. The Hall–Kier alpha value is -1.46. The molecule has 0 radical (unpaired) electrons. The fourth-order valence-electron chi connectivity index (χ4n) is 4.17. The summed E-state index contributed by atoms with van der Waals surface area (Å²) in [7, 11) is 1.78. The topological polar surface area (TPSA) is 44.8 Å². The first kappa shape index (κ1) is 16.0. The lowest BCUT2D eigenvalue weighted by Gasteiger charge is -2.37. The SMILES string of the molecule is C[N+]1([O-])CCCN(c2ccc3c(c2)OC(C2CCCCC2)O3)CC1. The van der Waals surface area contributed by atoms with Gasteiger partial charge < -0.3 is 24.2 Å². The van der Waals surface area contributed by atoms with Crippen LogP contribution in [0.25, 0.3) is 0 Å². The van der Waals surface area contributed by atoms with Gasteiger partial charge in [-0.3, -0.25) is 0 Å². The minimum absolute atomic E-state index is 0.110. The number of rotatable bonds is 2. The molecule has 1 aromatic carbocycles. The summed E-state index contributed by atoms with van der Waals surface area (Å²) in [6, 6.07) is 6.23. The number of likely N-dealkylation sites (N-methyl/N-ethyl adjacent to an activating group) is 1. The smallest absolute Gasteiger partial charge is 0.244 e. The normalized spacial score (nSPS) is 31.1. The summed E-state index contributed by atoms with van der Waals surface area (Å²) in [6.45, 7) is 3.07. The van der Waals surface area contributed by atoms with Gasteiger partial charge in [0.05, 0.1) is 26.7 Å². The Labute approximate surface area is 144 Å². The molecule has 1 aromatic rings. The fraction of sp³-hybridized carbons (Fsp3) is 0.684. The highest BCUT2D eigenvalue weighted by Crippen LogP contribution is 2.42. The van der Waals surface area contributed by atoms with Crippen molar-refractivity contribution < 1.29 is 14.1 Å². The molecule has 0 amide bonds. The second kappa shape index (κ2) is 6.45. The second-order valence-electron chi connectivity index (χ2n) is 7.72. The number of ether oxygens (including phenoxy) is 2. The lowest BCUT2D eigenvalue weighted by Crippen LogP contribution is -2.40. The van der Waals surface area contributed by atoms with Gasteiger partial charge in [0.2, 0.25) is 6.29 Å². The molecule has 1 saturated carbocycles. The van der Waals surface area contributed by atoms with Crippen LogP contribution in [0.1, 0.15) is 38.5 Å². The van der Waals surface area contributed by atoms with Crippen molar-refractivity contribution in [1.82, 2.24) is 0 Å². The van der Waals surface area contributed by atoms with Crippen LogP contribution >= 0.6 is 0 Å². The van der Waals surface area contributed by atoms with Gasteiger partial charge in [0.25, 0.3) is 0 Å². The molecule has 2 aliphatic heterocycles. The highest BCUT2D eigenvalue weighted by atomic mass is 16.7. The number of fused-ring (bicyclic) bond motifs is 1. The summed E-state index contributed by atoms with van der Waals surface area (Å²) in [5.74, 6) is 2.26. The van der Waals surface area contributed by atoms with Crippen LogP contribution in [0.3, 0.4) is 0 Å². The average molecular weight is 332 g/mol. The molecule has 0 bridgehead atoms. The van der Waals surface area contributed by atoms with Crippen LogP contribution < -0.4 is 14.4 Å². The number of hydroxylamine groups is 3. The lowest BCUT2D eigenvalue weighted by atomic mass is 9.89. The Balaban J connectivity index is 1.45. The zero-order valence-electron chi connectivity index (χ0n) is 14.6. The summed E-state index contributed by atoms with van der Waals surface area (Å²) >= 11 is 0. The predicted octanol–water partition coefficient (Wildman–Crippen LogP) is 3.52. The van der Waals surface area contributed by atoms with E-state index in [1.165, 1.54) is 32.1 Å². The van der Waals surface area contributed by atoms with Crippen molar-refractivity contribution >= 4 is 5.69 Å². The number of anilines is 1. The van der Waals surface area contributed by atoms with Gasteiger partial charge >= 0.3 is 0 Å². The van der Waals surface area contributed by atoms with Gasteiger partial charge in [-0.15, -0.1) is 0 Å². The Morgan fingerprint density at radius 1 is 1.00 bits per heavy atom. The van der Waals surface area contributed by atoms with Crippen LogP contribution in [0.15, 0.2) is 18.2 Å². The second-order valence-corrected chi connectivity index (χ2v) is 7.72. The van der Waals surface area contributed by atoms with Gasteiger partial charge in [0, 0.05) is 30.6 Å². The number of quaternary nitrogens is 1. The molecule has 2 atom stereocenters. The molecule has 3 aliphatic rings. The van der Waals surface area contributed by atoms with Crippen molar-refractivity contribution in [3.63, 3.8) is 0 Å². The quantitative estimate of drug-likeness (QED) is 0.614. The highest BCUT2D eigenvalue weighted by Gasteiger charge is 2.33. The number of nitrogens with zero attached hydrogens (tertiary/aromatic N) is 2. The maximum atomic E-state index is 12.2. The van der Waals surface area contributed by atoms with E-state index in [2.05, 4.69) is 17.0 Å². The van der Waals surface area contributed by atoms with Crippen LogP contribution in [0.4, 0.5) is 5.69 Å². The van der Waals surface area contributed by atoms with Crippen molar-refractivity contribution in [2.45, 2.75) is 44.8 Å². The van der Waals surface area contributed by atoms with E-state index in [-0.39, 0.29) is 10.9 Å². The van der Waals surface area contributed by atoms with Crippen LogP contribution in [0.5, 0.6) is 11.5 Å². The van der Waals surface area contributed by atoms with Gasteiger partial charge in [-0.2, -0.15) is 0 Å². The molecule has 24 heavy (non-hydrogen) atoms. The van der Waals surface area contributed by atoms with E-state index in [0.717, 1.165) is 36.7 Å². The van der Waals surface area contributed by atoms with Gasteiger partial charge in [-0.25, -0.2) is 0 Å². The summed E-state index contributed by atoms with van der Waals surface area (Å²) in [5.41, 5.74) is 1.14. The molecule has 0 N–H and O–H groups in total. The summed E-state index contributed by atoms with van der Waals surface area (Å²) in [4.78, 5) is 2.30. The minimum Gasteiger partial charge on any atom is -0.633 e. The molecule has 132 valence electrons. The van der Waals surface area contributed by atoms with Crippen molar-refractivity contribution in [3.05, 3.63) is 23.4 Å². The molecular formula is C19H28N2O3. The third-order valence-electron chi connectivity index (χ3n) is 5.72. The molecule has 0 spiro atoms. The molecular weight excluding hydrogens is 304 g/mol. The Kier molecular flexibility index (Phi) is 4.31. The monoisotopic (exact) mass is 332 g/mol. The minimum atomic E-state index is -0.134. The van der Waals surface area contributed by atoms with Crippen molar-refractivity contribution in [3.8, 4) is 11.5 Å². The third kappa shape index (κ3) is 3.33. The molecule has 4 rings (SSSR count). The fourth-order valence-corrected chi connectivity index (χ4v) is 4.17. The highest BCUT2D eigenvalue weighted by molar-refractivity contribution is 5.57. The summed E-state index contributed by atoms with van der Waals surface area (Å²) in [5, 5.41) is 12.2. The lowest BCUT2D eigenvalue weighted by molar-refractivity contribution is -0.858. The first-order valence-corrected chi connectivity index (χ1v) is 9.39. The Morgan fingerprint density at radius 3 is 2.62 bits per heavy atom. The maximum absolute atomic E-state index is 12.2. The van der Waals surface area contributed by atoms with Gasteiger partial charge in [0.1, 0.15) is 0 Å². The van der Waals surface area contributed by atoms with Crippen LogP contribution in [-0.4, -0.2) is 44.2 Å². The molecule has 2 fully saturated rings. The molecule has 0 aromatic heterocycles. The number of hydrogen-bond acceptors (Lipinski definition) is 4. The van der Waals surface area contributed by atoms with Crippen LogP contribution in [0.2, 0.25) is 0 Å². The van der Waals surface area contributed by atoms with Crippen LogP contribution in [0, 0.1) is 11.1 Å². The van der Waals surface area contributed by atoms with Crippen molar-refractivity contribution in [1.29, 1.82) is 0 Å². The Bertz CT molecular complexity index is 584. The van der Waals surface area contributed by atoms with Gasteiger partial charge in [-0.05, 0) is 25.0 Å². The molecule has 2 heterocycles. The average Bonchev–Trinajstić information content (AvgIpc) is 2.93. The first-order valence-electron chi connectivity index (χ1n) is 9.39. The van der Waals surface area contributed by atoms with Crippen molar-refractivity contribution in [2.75, 3.05) is 38.1 Å². The predicted molar refractivity (Wildman–Crippen MR) is 94.2 cm³/mol. The zero-order chi connectivity index (χ0) is 16.6. The number of hydrogen-bond donors (Lipinski definition) is 0. The van der Waals surface area contributed by atoms with E-state index in [4.69, 9.17) is 9.47 Å². The first-order chi connectivity index (χ1) is 11.6. The van der Waals surface area contributed by atoms with Crippen molar-refractivity contribution in [2.24, 2.45) is 5.92 Å². The molecule has 5 heteroatoms. The van der Waals surface area contributed by atoms with Gasteiger partial charge in [-0.1, -0.05) is 19.3 Å². The van der Waals surface area contributed by atoms with E-state index in [1.807, 2.05) is 6.07 Å². The molecule has 2 unspecified atom stereocenters. The van der Waals surface area contributed by atoms with E-state index >= 15 is 0 Å². The molecule has 1 aliphatic carbocycles. The standard InChI is InChI=1S/C19H28N2O3/c1-21(22)12-5-10-20(11-13-21)16-8-9-17-18(14-16)24-19(23-17)15-6-3-2-4-7-15/h8-9,14-15,19H,2-7,10-13H2,1H3. The summed E-state index contributed by atoms with van der Waals surface area (Å²) < 4.78 is 12.1. The number of benzene rings is 1. The Morgan fingerprint density at radius 2 is 1.79 bits per heavy atom. The maximum Gasteiger partial charge on any atom is 0.244 e. The van der Waals surface area contributed by atoms with E-state index in [9.17, 15) is 5.21 Å². The molecule has 1 saturated heterocycles. The molecule has 5 nitrogen and oxygen atoms in total. The zero-order valence-corrected chi connectivity index (χ0v) is 14.6. The third-order valence-corrected chi connectivity index (χ3v) is 5.72. The van der Waals surface area contributed by atoms with Crippen LogP contribution in [-0.2, 0) is 0 Å². The van der Waals surface area contributed by atoms with E-state index in [0.29, 0.717) is 19.0 Å². The largest absolute Gasteiger partial charge is 0.633 e. The van der Waals surface area contributed by atoms with E-state index < -0.39 is 0 Å². The van der Waals surface area contributed by atoms with Gasteiger partial charge in [0.15, 0.2) is 11.5 Å².